The Bertz CT molecular complexity index is 1190. The van der Waals surface area contributed by atoms with E-state index in [1.165, 1.54) is 19.3 Å². The summed E-state index contributed by atoms with van der Waals surface area (Å²) in [5.41, 5.74) is 3.39. The summed E-state index contributed by atoms with van der Waals surface area (Å²) in [4.78, 5) is 32.8. The predicted molar refractivity (Wildman–Crippen MR) is 154 cm³/mol. The third kappa shape index (κ3) is 5.72. The number of hydrogen-bond donors (Lipinski definition) is 0. The largest absolute Gasteiger partial charge is 0.378 e. The summed E-state index contributed by atoms with van der Waals surface area (Å²) < 4.78 is 5.62. The molecule has 8 heteroatoms. The van der Waals surface area contributed by atoms with Gasteiger partial charge in [-0.15, -0.1) is 0 Å². The van der Waals surface area contributed by atoms with Crippen molar-refractivity contribution in [3.63, 3.8) is 0 Å². The molecule has 2 atom stereocenters. The van der Waals surface area contributed by atoms with Crippen LogP contribution in [-0.4, -0.2) is 84.5 Å². The van der Waals surface area contributed by atoms with Crippen molar-refractivity contribution in [2.75, 3.05) is 45.9 Å². The number of nitrogens with zero attached hydrogens (tertiary/aromatic N) is 3. The number of hydrogen-bond acceptors (Lipinski definition) is 4. The lowest BCUT2D eigenvalue weighted by Gasteiger charge is -2.43. The van der Waals surface area contributed by atoms with Gasteiger partial charge in [-0.05, 0) is 66.6 Å². The van der Waals surface area contributed by atoms with Crippen molar-refractivity contribution >= 4 is 35.0 Å². The zero-order chi connectivity index (χ0) is 26.9. The van der Waals surface area contributed by atoms with Gasteiger partial charge in [0.05, 0.1) is 19.3 Å². The SMILES string of the molecule is O=C(c1ccc(-c2cc(Cl)c(CC3CCN(C4CCCCC4)C3=O)c(Cl)c2)cc1)N1CCN2CCOCC2C1. The van der Waals surface area contributed by atoms with Gasteiger partial charge in [0.25, 0.3) is 5.91 Å². The first-order chi connectivity index (χ1) is 19.0. The summed E-state index contributed by atoms with van der Waals surface area (Å²) in [5, 5.41) is 1.18. The third-order valence-electron chi connectivity index (χ3n) is 9.15. The van der Waals surface area contributed by atoms with Gasteiger partial charge in [-0.1, -0.05) is 54.6 Å². The first-order valence-corrected chi connectivity index (χ1v) is 15.2. The molecule has 208 valence electrons. The molecule has 1 saturated carbocycles. The summed E-state index contributed by atoms with van der Waals surface area (Å²) in [6.45, 7) is 5.59. The molecule has 0 radical (unpaired) electrons. The number of carbonyl (C=O) groups excluding carboxylic acids is 2. The maximum atomic E-state index is 13.2. The van der Waals surface area contributed by atoms with Crippen LogP contribution in [0.25, 0.3) is 11.1 Å². The molecule has 0 spiro atoms. The highest BCUT2D eigenvalue weighted by Crippen LogP contribution is 2.36. The van der Waals surface area contributed by atoms with E-state index in [-0.39, 0.29) is 23.8 Å². The smallest absolute Gasteiger partial charge is 0.253 e. The van der Waals surface area contributed by atoms with Crippen molar-refractivity contribution in [2.24, 2.45) is 5.92 Å². The maximum Gasteiger partial charge on any atom is 0.253 e. The quantitative estimate of drug-likeness (QED) is 0.474. The van der Waals surface area contributed by atoms with E-state index in [4.69, 9.17) is 27.9 Å². The second-order valence-electron chi connectivity index (χ2n) is 11.5. The van der Waals surface area contributed by atoms with Crippen LogP contribution in [0.3, 0.4) is 0 Å². The monoisotopic (exact) mass is 569 g/mol. The van der Waals surface area contributed by atoms with Gasteiger partial charge >= 0.3 is 0 Å². The van der Waals surface area contributed by atoms with Crippen LogP contribution < -0.4 is 0 Å². The number of ether oxygens (including phenoxy) is 1. The molecular formula is C31H37Cl2N3O3. The number of rotatable bonds is 5. The second kappa shape index (κ2) is 11.8. The molecule has 2 aromatic rings. The zero-order valence-electron chi connectivity index (χ0n) is 22.4. The highest BCUT2D eigenvalue weighted by molar-refractivity contribution is 6.36. The van der Waals surface area contributed by atoms with Crippen LogP contribution in [0, 0.1) is 5.92 Å². The average Bonchev–Trinajstić information content (AvgIpc) is 3.34. The normalized spacial score (nSPS) is 24.7. The standard InChI is InChI=1S/C31H37Cl2N3O3/c32-28-17-24(18-29(33)27(28)16-23-10-11-36(31(23)38)25-4-2-1-3-5-25)21-6-8-22(9-7-21)30(37)35-13-12-34-14-15-39-20-26(34)19-35/h6-9,17-18,23,25-26H,1-5,10-16,19-20H2. The van der Waals surface area contributed by atoms with Crippen LogP contribution in [0.2, 0.25) is 10.0 Å². The van der Waals surface area contributed by atoms with Crippen molar-refractivity contribution in [3.8, 4) is 11.1 Å². The third-order valence-corrected chi connectivity index (χ3v) is 9.82. The maximum absolute atomic E-state index is 13.2. The highest BCUT2D eigenvalue weighted by atomic mass is 35.5. The lowest BCUT2D eigenvalue weighted by atomic mass is 9.93. The number of halogens is 2. The first-order valence-electron chi connectivity index (χ1n) is 14.5. The Morgan fingerprint density at radius 3 is 2.36 bits per heavy atom. The molecule has 0 aromatic heterocycles. The van der Waals surface area contributed by atoms with Crippen LogP contribution in [0.15, 0.2) is 36.4 Å². The van der Waals surface area contributed by atoms with Crippen LogP contribution in [-0.2, 0) is 16.0 Å². The predicted octanol–water partition coefficient (Wildman–Crippen LogP) is 5.54. The topological polar surface area (TPSA) is 53.1 Å². The van der Waals surface area contributed by atoms with Gasteiger partial charge in [-0.2, -0.15) is 0 Å². The number of amides is 2. The molecule has 6 nitrogen and oxygen atoms in total. The number of carbonyl (C=O) groups is 2. The molecule has 2 unspecified atom stereocenters. The second-order valence-corrected chi connectivity index (χ2v) is 12.3. The number of fused-ring (bicyclic) bond motifs is 1. The number of benzene rings is 2. The van der Waals surface area contributed by atoms with Crippen LogP contribution in [0.5, 0.6) is 0 Å². The van der Waals surface area contributed by atoms with Crippen LogP contribution in [0.1, 0.15) is 54.4 Å². The lowest BCUT2D eigenvalue weighted by Crippen LogP contribution is -2.59. The molecule has 0 N–H and O–H groups in total. The lowest BCUT2D eigenvalue weighted by molar-refractivity contribution is -0.133. The summed E-state index contributed by atoms with van der Waals surface area (Å²) in [6.07, 6.45) is 7.43. The average molecular weight is 571 g/mol. The van der Waals surface area contributed by atoms with Crippen molar-refractivity contribution in [1.82, 2.24) is 14.7 Å². The first kappa shape index (κ1) is 27.1. The van der Waals surface area contributed by atoms with E-state index < -0.39 is 0 Å². The Kier molecular flexibility index (Phi) is 8.17. The van der Waals surface area contributed by atoms with Crippen molar-refractivity contribution in [1.29, 1.82) is 0 Å². The van der Waals surface area contributed by atoms with Gasteiger partial charge in [-0.3, -0.25) is 14.5 Å². The van der Waals surface area contributed by atoms with Crippen molar-refractivity contribution < 1.29 is 14.3 Å². The Labute approximate surface area is 241 Å². The molecule has 6 rings (SSSR count). The number of piperazine rings is 1. The van der Waals surface area contributed by atoms with Crippen molar-refractivity contribution in [2.45, 2.75) is 57.0 Å². The molecule has 3 saturated heterocycles. The van der Waals surface area contributed by atoms with Gasteiger partial charge in [0.2, 0.25) is 5.91 Å². The molecule has 0 bridgehead atoms. The van der Waals surface area contributed by atoms with Crippen LogP contribution >= 0.6 is 23.2 Å². The fourth-order valence-corrected chi connectivity index (χ4v) is 7.48. The molecule has 39 heavy (non-hydrogen) atoms. The summed E-state index contributed by atoms with van der Waals surface area (Å²) in [6, 6.07) is 12.2. The molecule has 3 heterocycles. The van der Waals surface area contributed by atoms with Crippen LogP contribution in [0.4, 0.5) is 0 Å². The van der Waals surface area contributed by atoms with Gasteiger partial charge in [0.1, 0.15) is 0 Å². The summed E-state index contributed by atoms with van der Waals surface area (Å²) in [7, 11) is 0. The number of likely N-dealkylation sites (tertiary alicyclic amines) is 1. The minimum Gasteiger partial charge on any atom is -0.378 e. The summed E-state index contributed by atoms with van der Waals surface area (Å²) in [5.74, 6) is 0.262. The molecule has 4 aliphatic rings. The van der Waals surface area contributed by atoms with E-state index in [0.29, 0.717) is 41.2 Å². The zero-order valence-corrected chi connectivity index (χ0v) is 23.9. The van der Waals surface area contributed by atoms with E-state index in [0.717, 1.165) is 68.7 Å². The van der Waals surface area contributed by atoms with E-state index >= 15 is 0 Å². The minimum absolute atomic E-state index is 0.0555. The molecular weight excluding hydrogens is 533 g/mol. The Balaban J connectivity index is 1.11. The Morgan fingerprint density at radius 1 is 0.872 bits per heavy atom. The van der Waals surface area contributed by atoms with E-state index in [1.807, 2.05) is 41.3 Å². The molecule has 1 aliphatic carbocycles. The fraction of sp³-hybridized carbons (Fsp3) is 0.548. The van der Waals surface area contributed by atoms with E-state index in [2.05, 4.69) is 9.80 Å². The Hall–Kier alpha value is -2.12. The van der Waals surface area contributed by atoms with Crippen molar-refractivity contribution in [3.05, 3.63) is 57.6 Å². The van der Waals surface area contributed by atoms with E-state index in [9.17, 15) is 9.59 Å². The molecule has 2 aromatic carbocycles. The molecule has 3 aliphatic heterocycles. The summed E-state index contributed by atoms with van der Waals surface area (Å²) >= 11 is 13.5. The van der Waals surface area contributed by atoms with Gasteiger partial charge in [0.15, 0.2) is 0 Å². The highest BCUT2D eigenvalue weighted by Gasteiger charge is 2.37. The van der Waals surface area contributed by atoms with Gasteiger partial charge in [0, 0.05) is 60.3 Å². The van der Waals surface area contributed by atoms with Gasteiger partial charge in [-0.25, -0.2) is 0 Å². The minimum atomic E-state index is -0.0555. The fourth-order valence-electron chi connectivity index (χ4n) is 6.84. The molecule has 2 amide bonds. The van der Waals surface area contributed by atoms with Gasteiger partial charge < -0.3 is 14.5 Å². The van der Waals surface area contributed by atoms with E-state index in [1.54, 1.807) is 0 Å². The number of morpholine rings is 1. The molecule has 4 fully saturated rings. The Morgan fingerprint density at radius 2 is 1.62 bits per heavy atom.